The van der Waals surface area contributed by atoms with Crippen molar-refractivity contribution in [3.05, 3.63) is 70.3 Å². The van der Waals surface area contributed by atoms with Crippen LogP contribution < -0.4 is 5.01 Å². The van der Waals surface area contributed by atoms with Gasteiger partial charge in [-0.2, -0.15) is 5.10 Å². The molecule has 1 heterocycles. The van der Waals surface area contributed by atoms with Crippen LogP contribution in [-0.2, 0) is 0 Å². The van der Waals surface area contributed by atoms with Crippen molar-refractivity contribution in [2.45, 2.75) is 52.1 Å². The van der Waals surface area contributed by atoms with E-state index in [4.69, 9.17) is 5.10 Å². The van der Waals surface area contributed by atoms with E-state index in [2.05, 4.69) is 56.8 Å². The van der Waals surface area contributed by atoms with Gasteiger partial charge in [-0.3, -0.25) is 10.1 Å². The molecule has 7 heteroatoms. The number of para-hydroxylation sites is 1. The number of nitro groups is 1. The lowest BCUT2D eigenvalue weighted by Crippen LogP contribution is -2.52. The summed E-state index contributed by atoms with van der Waals surface area (Å²) in [7, 11) is -1.61. The van der Waals surface area contributed by atoms with Crippen molar-refractivity contribution in [2.24, 2.45) is 5.10 Å². The third-order valence-corrected chi connectivity index (χ3v) is 5.46. The molecule has 1 atom stereocenters. The minimum Gasteiger partial charge on any atom is -0.317 e. The van der Waals surface area contributed by atoms with E-state index in [-0.39, 0.29) is 22.3 Å². The average Bonchev–Trinajstić information content (AvgIpc) is 3.06. The fraction of sp³-hybridized carbons (Fsp3) is 0.348. The predicted molar refractivity (Wildman–Crippen MR) is 125 cm³/mol. The quantitative estimate of drug-likeness (QED) is 0.300. The zero-order valence-corrected chi connectivity index (χ0v) is 19.4. The topological polar surface area (TPSA) is 62.0 Å². The lowest BCUT2D eigenvalue weighted by atomic mass is 10.0. The van der Waals surface area contributed by atoms with Crippen LogP contribution in [0.5, 0.6) is 0 Å². The molecule has 2 aromatic rings. The number of nitro benzene ring substituents is 1. The summed E-state index contributed by atoms with van der Waals surface area (Å²) >= 11 is 0. The fourth-order valence-corrected chi connectivity index (χ4v) is 3.79. The third-order valence-electron chi connectivity index (χ3n) is 4.56. The number of non-ortho nitro benzene ring substituents is 1. The molecule has 0 N–H and O–H groups in total. The van der Waals surface area contributed by atoms with Gasteiger partial charge >= 0.3 is 0 Å². The first kappa shape index (κ1) is 21.6. The average molecular weight is 421 g/mol. The Bertz CT molecular complexity index is 1010. The Morgan fingerprint density at radius 3 is 2.13 bits per heavy atom. The Morgan fingerprint density at radius 2 is 1.63 bits per heavy atom. The molecule has 0 fully saturated rings. The van der Waals surface area contributed by atoms with Gasteiger partial charge in [-0.1, -0.05) is 43.8 Å². The number of anilines is 1. The molecule has 0 bridgehead atoms. The van der Waals surface area contributed by atoms with E-state index in [1.165, 1.54) is 12.1 Å². The number of hydrogen-bond acceptors (Lipinski definition) is 5. The summed E-state index contributed by atoms with van der Waals surface area (Å²) in [5, 5.41) is 18.0. The Hall–Kier alpha value is -3.11. The van der Waals surface area contributed by atoms with Crippen molar-refractivity contribution in [1.29, 1.82) is 0 Å². The van der Waals surface area contributed by atoms with Crippen molar-refractivity contribution in [2.75, 3.05) is 5.01 Å². The van der Waals surface area contributed by atoms with Crippen molar-refractivity contribution in [3.8, 4) is 11.5 Å². The van der Waals surface area contributed by atoms with E-state index in [9.17, 15) is 10.1 Å². The van der Waals surface area contributed by atoms with Gasteiger partial charge in [-0.15, -0.1) is 5.54 Å². The van der Waals surface area contributed by atoms with E-state index in [1.54, 1.807) is 12.1 Å². The van der Waals surface area contributed by atoms with Gasteiger partial charge in [0.25, 0.3) is 5.69 Å². The van der Waals surface area contributed by atoms with Gasteiger partial charge in [-0.05, 0) is 45.0 Å². The van der Waals surface area contributed by atoms with Crippen LogP contribution in [0, 0.1) is 21.6 Å². The highest BCUT2D eigenvalue weighted by Crippen LogP contribution is 2.32. The number of hydrogen-bond donors (Lipinski definition) is 0. The molecular formula is C23H28N4O2Si. The number of benzene rings is 2. The molecule has 0 aliphatic carbocycles. The normalized spacial score (nSPS) is 16.7. The Balaban J connectivity index is 2.15. The molecule has 6 nitrogen and oxygen atoms in total. The summed E-state index contributed by atoms with van der Waals surface area (Å²) in [5.74, 6) is 4.26. The summed E-state index contributed by atoms with van der Waals surface area (Å²) < 4.78 is 0. The van der Waals surface area contributed by atoms with Gasteiger partial charge in [0.1, 0.15) is 8.07 Å². The van der Waals surface area contributed by atoms with E-state index in [0.717, 1.165) is 17.1 Å². The second kappa shape index (κ2) is 7.96. The first-order chi connectivity index (χ1) is 14.0. The monoisotopic (exact) mass is 420 g/mol. The van der Waals surface area contributed by atoms with Gasteiger partial charge in [0.15, 0.2) is 12.0 Å². The molecule has 30 heavy (non-hydrogen) atoms. The second-order valence-corrected chi connectivity index (χ2v) is 14.1. The molecule has 2 aromatic carbocycles. The first-order valence-electron chi connectivity index (χ1n) is 9.97. The Kier molecular flexibility index (Phi) is 5.73. The van der Waals surface area contributed by atoms with Crippen LogP contribution >= 0.6 is 0 Å². The maximum atomic E-state index is 11.1. The maximum Gasteiger partial charge on any atom is 0.269 e. The summed E-state index contributed by atoms with van der Waals surface area (Å²) in [4.78, 5) is 12.9. The minimum absolute atomic E-state index is 0.0645. The molecule has 0 spiro atoms. The molecule has 1 aliphatic heterocycles. The van der Waals surface area contributed by atoms with Crippen molar-refractivity contribution < 1.29 is 4.92 Å². The lowest BCUT2D eigenvalue weighted by molar-refractivity contribution is -0.384. The number of rotatable bonds is 3. The summed E-state index contributed by atoms with van der Waals surface area (Å²) in [5.41, 5.74) is 5.09. The van der Waals surface area contributed by atoms with Crippen LogP contribution in [0.1, 0.15) is 26.3 Å². The van der Waals surface area contributed by atoms with Gasteiger partial charge in [0, 0.05) is 23.2 Å². The highest BCUT2D eigenvalue weighted by atomic mass is 28.3. The second-order valence-electron chi connectivity index (χ2n) is 9.34. The SMILES string of the molecule is CC(C)(C)N1C(c2ccc([N+](=O)[O-])cc2)=NN(c2ccccc2)[C@H]1C#C[Si](C)(C)C. The van der Waals surface area contributed by atoms with E-state index < -0.39 is 8.07 Å². The molecule has 0 radical (unpaired) electrons. The third kappa shape index (κ3) is 4.71. The largest absolute Gasteiger partial charge is 0.317 e. The number of nitrogens with zero attached hydrogens (tertiary/aromatic N) is 4. The van der Waals surface area contributed by atoms with Crippen LogP contribution in [-0.4, -0.2) is 35.4 Å². The maximum absolute atomic E-state index is 11.1. The molecule has 0 aromatic heterocycles. The van der Waals surface area contributed by atoms with Crippen LogP contribution in [0.4, 0.5) is 11.4 Å². The molecule has 1 aliphatic rings. The molecule has 0 amide bonds. The Morgan fingerprint density at radius 1 is 1.03 bits per heavy atom. The van der Waals surface area contributed by atoms with Crippen molar-refractivity contribution in [3.63, 3.8) is 0 Å². The Labute approximate surface area is 179 Å². The highest BCUT2D eigenvalue weighted by Gasteiger charge is 2.41. The molecule has 156 valence electrons. The number of hydrazone groups is 1. The molecule has 0 saturated heterocycles. The van der Waals surface area contributed by atoms with Crippen molar-refractivity contribution in [1.82, 2.24) is 4.90 Å². The van der Waals surface area contributed by atoms with E-state index in [0.29, 0.717) is 0 Å². The minimum atomic E-state index is -1.61. The fourth-order valence-electron chi connectivity index (χ4n) is 3.23. The van der Waals surface area contributed by atoms with Crippen LogP contribution in [0.25, 0.3) is 0 Å². The molecular weight excluding hydrogens is 392 g/mol. The van der Waals surface area contributed by atoms with E-state index >= 15 is 0 Å². The van der Waals surface area contributed by atoms with Crippen LogP contribution in [0.15, 0.2) is 59.7 Å². The smallest absolute Gasteiger partial charge is 0.269 e. The predicted octanol–water partition coefficient (Wildman–Crippen LogP) is 5.08. The van der Waals surface area contributed by atoms with Gasteiger partial charge in [-0.25, -0.2) is 5.01 Å². The summed E-state index contributed by atoms with van der Waals surface area (Å²) in [6, 6.07) is 16.5. The summed E-state index contributed by atoms with van der Waals surface area (Å²) in [6.07, 6.45) is -0.260. The van der Waals surface area contributed by atoms with E-state index in [1.807, 2.05) is 35.3 Å². The zero-order chi connectivity index (χ0) is 22.1. The number of amidine groups is 1. The van der Waals surface area contributed by atoms with Gasteiger partial charge in [0.2, 0.25) is 0 Å². The zero-order valence-electron chi connectivity index (χ0n) is 18.4. The van der Waals surface area contributed by atoms with Crippen molar-refractivity contribution >= 4 is 25.3 Å². The lowest BCUT2D eigenvalue weighted by Gasteiger charge is -2.38. The molecule has 0 unspecified atom stereocenters. The molecule has 0 saturated carbocycles. The summed E-state index contributed by atoms with van der Waals surface area (Å²) in [6.45, 7) is 13.1. The standard InChI is InChI=1S/C23H28N4O2Si/c1-23(2,3)25-21(16-17-30(4,5)6)26(19-10-8-7-9-11-19)24-22(25)18-12-14-20(15-13-18)27(28)29/h7-15,21H,1-6H3/t21-/m0/s1. The van der Waals surface area contributed by atoms with Gasteiger partial charge < -0.3 is 4.90 Å². The molecule has 3 rings (SSSR count). The first-order valence-corrected chi connectivity index (χ1v) is 13.5. The van der Waals surface area contributed by atoms with Crippen LogP contribution in [0.3, 0.4) is 0 Å². The highest BCUT2D eigenvalue weighted by molar-refractivity contribution is 6.83. The van der Waals surface area contributed by atoms with Gasteiger partial charge in [0.05, 0.1) is 10.6 Å². The van der Waals surface area contributed by atoms with Crippen LogP contribution in [0.2, 0.25) is 19.6 Å².